The van der Waals surface area contributed by atoms with E-state index < -0.39 is 52.0 Å². The molecule has 2 heterocycles. The molecule has 4 rings (SSSR count). The minimum Gasteiger partial charge on any atom is -0.326 e. The molecule has 0 radical (unpaired) electrons. The van der Waals surface area contributed by atoms with Gasteiger partial charge in [0.1, 0.15) is 17.2 Å². The summed E-state index contributed by atoms with van der Waals surface area (Å²) in [4.78, 5) is 51.9. The molecule has 0 saturated heterocycles. The third-order valence-corrected chi connectivity index (χ3v) is 4.91. The highest BCUT2D eigenvalue weighted by Gasteiger charge is 2.68. The number of amides is 2. The van der Waals surface area contributed by atoms with Crippen LogP contribution in [0.25, 0.3) is 5.69 Å². The van der Waals surface area contributed by atoms with Gasteiger partial charge in [-0.15, -0.1) is 0 Å². The van der Waals surface area contributed by atoms with Gasteiger partial charge in [0.15, 0.2) is 0 Å². The number of alkyl halides is 3. The van der Waals surface area contributed by atoms with Crippen molar-refractivity contribution in [2.45, 2.75) is 11.7 Å². The number of carbonyl (C=O) groups is 2. The van der Waals surface area contributed by atoms with Crippen LogP contribution in [0.1, 0.15) is 15.9 Å². The van der Waals surface area contributed by atoms with E-state index in [1.807, 2.05) is 5.32 Å². The fourth-order valence-corrected chi connectivity index (χ4v) is 3.45. The molecule has 1 aliphatic heterocycles. The Morgan fingerprint density at radius 2 is 1.59 bits per heavy atom. The molecule has 1 aliphatic rings. The number of anilines is 1. The van der Waals surface area contributed by atoms with Crippen LogP contribution in [0.5, 0.6) is 0 Å². The number of carbonyl (C=O) groups excluding carboxylic acids is 2. The zero-order chi connectivity index (χ0) is 23.3. The smallest absolute Gasteiger partial charge is 0.326 e. The van der Waals surface area contributed by atoms with Crippen LogP contribution in [0.3, 0.4) is 0 Å². The molecule has 0 saturated carbocycles. The summed E-state index contributed by atoms with van der Waals surface area (Å²) in [7, 11) is 0. The van der Waals surface area contributed by atoms with E-state index in [9.17, 15) is 36.7 Å². The fraction of sp³-hybridized carbons (Fsp3) is 0.100. The van der Waals surface area contributed by atoms with Crippen LogP contribution in [0, 0.1) is 5.82 Å². The van der Waals surface area contributed by atoms with Crippen LogP contribution in [-0.2, 0) is 10.3 Å². The highest BCUT2D eigenvalue weighted by Crippen LogP contribution is 2.45. The number of hydrogen-bond acceptors (Lipinski definition) is 4. The lowest BCUT2D eigenvalue weighted by Gasteiger charge is -2.30. The summed E-state index contributed by atoms with van der Waals surface area (Å²) in [6.45, 7) is 0. The number of fused-ring (bicyclic) bond motifs is 1. The molecule has 8 nitrogen and oxygen atoms in total. The van der Waals surface area contributed by atoms with E-state index in [0.29, 0.717) is 4.57 Å². The lowest BCUT2D eigenvalue weighted by molar-refractivity contribution is -0.196. The monoisotopic (exact) mass is 448 g/mol. The van der Waals surface area contributed by atoms with Crippen molar-refractivity contribution >= 4 is 17.6 Å². The third kappa shape index (κ3) is 3.07. The Labute approximate surface area is 175 Å². The van der Waals surface area contributed by atoms with Crippen molar-refractivity contribution in [3.63, 3.8) is 0 Å². The third-order valence-electron chi connectivity index (χ3n) is 4.91. The maximum absolute atomic E-state index is 14.3. The van der Waals surface area contributed by atoms with Crippen LogP contribution in [0.15, 0.2) is 64.2 Å². The van der Waals surface area contributed by atoms with Crippen molar-refractivity contribution in [3.05, 3.63) is 92.4 Å². The number of hydrogen-bond donors (Lipinski definition) is 3. The van der Waals surface area contributed by atoms with Gasteiger partial charge in [-0.05, 0) is 36.4 Å². The molecule has 3 N–H and O–H groups in total. The molecule has 0 bridgehead atoms. The maximum Gasteiger partial charge on any atom is 0.425 e. The van der Waals surface area contributed by atoms with Crippen LogP contribution in [0.4, 0.5) is 23.4 Å². The van der Waals surface area contributed by atoms with Gasteiger partial charge in [-0.3, -0.25) is 19.4 Å². The summed E-state index contributed by atoms with van der Waals surface area (Å²) >= 11 is 0. The largest absolute Gasteiger partial charge is 0.425 e. The Morgan fingerprint density at radius 3 is 2.19 bits per heavy atom. The van der Waals surface area contributed by atoms with Crippen LogP contribution < -0.4 is 21.9 Å². The zero-order valence-electron chi connectivity index (χ0n) is 15.8. The van der Waals surface area contributed by atoms with E-state index in [-0.39, 0.29) is 11.3 Å². The van der Waals surface area contributed by atoms with Gasteiger partial charge in [0.2, 0.25) is 0 Å². The number of benzene rings is 2. The Kier molecular flexibility index (Phi) is 4.72. The van der Waals surface area contributed by atoms with Crippen molar-refractivity contribution in [1.29, 1.82) is 0 Å². The number of nitrogens with zero attached hydrogens (tertiary/aromatic N) is 1. The lowest BCUT2D eigenvalue weighted by Crippen LogP contribution is -2.62. The molecule has 1 atom stereocenters. The second kappa shape index (κ2) is 7.18. The maximum atomic E-state index is 14.3. The normalized spacial score (nSPS) is 17.6. The van der Waals surface area contributed by atoms with Crippen LogP contribution in [0.2, 0.25) is 0 Å². The van der Waals surface area contributed by atoms with E-state index in [0.717, 1.165) is 24.3 Å². The molecule has 1 aromatic heterocycles. The number of nitrogens with one attached hydrogen (secondary N) is 3. The summed E-state index contributed by atoms with van der Waals surface area (Å²) in [6, 6.07) is 10.8. The van der Waals surface area contributed by atoms with Gasteiger partial charge in [-0.2, -0.15) is 13.2 Å². The predicted molar refractivity (Wildman–Crippen MR) is 103 cm³/mol. The molecule has 2 amide bonds. The first kappa shape index (κ1) is 21.0. The average molecular weight is 448 g/mol. The predicted octanol–water partition coefficient (Wildman–Crippen LogP) is 1.80. The summed E-state index contributed by atoms with van der Waals surface area (Å²) in [5.41, 5.74) is -8.01. The van der Waals surface area contributed by atoms with Gasteiger partial charge < -0.3 is 10.6 Å². The van der Waals surface area contributed by atoms with Crippen molar-refractivity contribution in [3.8, 4) is 5.69 Å². The number of halogens is 4. The second-order valence-corrected chi connectivity index (χ2v) is 6.82. The van der Waals surface area contributed by atoms with E-state index in [2.05, 4.69) is 0 Å². The molecule has 164 valence electrons. The highest BCUT2D eigenvalue weighted by molar-refractivity contribution is 6.09. The standard InChI is InChI=1S/C20H12F4N4O4/c21-11-6-8-12(9-7-11)28-14-13(16(30)26-18(28)32)19(17(31)25-14,20(22,23)24)27-15(29)10-4-2-1-3-5-10/h1-9H,(H,25,31)(H,27,29)(H,26,30,32)/t19-/m0/s1. The average Bonchev–Trinajstić information content (AvgIpc) is 3.03. The van der Waals surface area contributed by atoms with E-state index in [1.165, 1.54) is 30.3 Å². The number of H-pyrrole nitrogens is 1. The van der Waals surface area contributed by atoms with Gasteiger partial charge >= 0.3 is 11.9 Å². The lowest BCUT2D eigenvalue weighted by atomic mass is 9.91. The number of aromatic nitrogens is 2. The first-order valence-corrected chi connectivity index (χ1v) is 8.98. The van der Waals surface area contributed by atoms with E-state index in [4.69, 9.17) is 0 Å². The van der Waals surface area contributed by atoms with Crippen molar-refractivity contribution in [2.75, 3.05) is 5.32 Å². The fourth-order valence-electron chi connectivity index (χ4n) is 3.45. The van der Waals surface area contributed by atoms with Crippen molar-refractivity contribution in [1.82, 2.24) is 14.9 Å². The summed E-state index contributed by atoms with van der Waals surface area (Å²) in [5, 5.41) is 3.52. The topological polar surface area (TPSA) is 113 Å². The minimum atomic E-state index is -5.47. The first-order chi connectivity index (χ1) is 15.1. The molecule has 0 unspecified atom stereocenters. The summed E-state index contributed by atoms with van der Waals surface area (Å²) in [6.07, 6.45) is -5.47. The molecular weight excluding hydrogens is 436 g/mol. The van der Waals surface area contributed by atoms with Crippen molar-refractivity contribution < 1.29 is 27.2 Å². The molecule has 0 fully saturated rings. The zero-order valence-corrected chi connectivity index (χ0v) is 15.8. The summed E-state index contributed by atoms with van der Waals surface area (Å²) < 4.78 is 56.8. The van der Waals surface area contributed by atoms with Crippen LogP contribution in [-0.4, -0.2) is 27.5 Å². The molecule has 0 spiro atoms. The Balaban J connectivity index is 1.98. The van der Waals surface area contributed by atoms with Gasteiger partial charge in [0.05, 0.1) is 5.69 Å². The highest BCUT2D eigenvalue weighted by atomic mass is 19.4. The summed E-state index contributed by atoms with van der Waals surface area (Å²) in [5.74, 6) is -4.53. The van der Waals surface area contributed by atoms with Crippen molar-refractivity contribution in [2.24, 2.45) is 0 Å². The number of rotatable bonds is 3. The van der Waals surface area contributed by atoms with Crippen LogP contribution >= 0.6 is 0 Å². The SMILES string of the molecule is O=C(N[C@]1(C(F)(F)F)C(=O)Nc2c1c(=O)[nH]c(=O)n2-c1ccc(F)cc1)c1ccccc1. The second-order valence-electron chi connectivity index (χ2n) is 6.82. The molecular formula is C20H12F4N4O4. The van der Waals surface area contributed by atoms with Gasteiger partial charge in [-0.1, -0.05) is 18.2 Å². The van der Waals surface area contributed by atoms with E-state index >= 15 is 0 Å². The van der Waals surface area contributed by atoms with Gasteiger partial charge in [0, 0.05) is 5.56 Å². The van der Waals surface area contributed by atoms with Gasteiger partial charge in [0.25, 0.3) is 22.9 Å². The first-order valence-electron chi connectivity index (χ1n) is 8.98. The Morgan fingerprint density at radius 1 is 0.969 bits per heavy atom. The van der Waals surface area contributed by atoms with E-state index in [1.54, 1.807) is 10.3 Å². The molecule has 32 heavy (non-hydrogen) atoms. The quantitative estimate of drug-likeness (QED) is 0.531. The number of aromatic amines is 1. The molecule has 2 aromatic carbocycles. The molecule has 12 heteroatoms. The molecule has 0 aliphatic carbocycles. The van der Waals surface area contributed by atoms with Gasteiger partial charge in [-0.25, -0.2) is 13.8 Å². The minimum absolute atomic E-state index is 0.128. The Hall–Kier alpha value is -4.22. The molecule has 3 aromatic rings. The Bertz CT molecular complexity index is 1350.